The van der Waals surface area contributed by atoms with Crippen molar-refractivity contribution in [2.75, 3.05) is 6.61 Å². The second kappa shape index (κ2) is 11.4. The van der Waals surface area contributed by atoms with Crippen molar-refractivity contribution in [3.63, 3.8) is 0 Å². The lowest BCUT2D eigenvalue weighted by molar-refractivity contribution is -0.147. The molecule has 0 aliphatic rings. The van der Waals surface area contributed by atoms with E-state index < -0.39 is 5.92 Å². The summed E-state index contributed by atoms with van der Waals surface area (Å²) in [6, 6.07) is 17.2. The van der Waals surface area contributed by atoms with Crippen molar-refractivity contribution in [3.8, 4) is 23.1 Å². The molecule has 4 rings (SSSR count). The van der Waals surface area contributed by atoms with Crippen LogP contribution in [0.4, 0.5) is 0 Å². The lowest BCUT2D eigenvalue weighted by atomic mass is 9.99. The van der Waals surface area contributed by atoms with Crippen molar-refractivity contribution in [3.05, 3.63) is 83.4 Å². The quantitative estimate of drug-likeness (QED) is 0.282. The van der Waals surface area contributed by atoms with Crippen LogP contribution in [0.5, 0.6) is 11.6 Å². The van der Waals surface area contributed by atoms with Crippen LogP contribution in [0.25, 0.3) is 11.5 Å². The minimum Gasteiger partial charge on any atom is -0.487 e. The van der Waals surface area contributed by atoms with E-state index >= 15 is 0 Å². The number of carbonyl (C=O) groups is 1. The number of aromatic amines is 1. The van der Waals surface area contributed by atoms with Crippen LogP contribution < -0.4 is 9.47 Å². The molecule has 2 heterocycles. The Balaban J connectivity index is 1.31. The van der Waals surface area contributed by atoms with E-state index in [1.165, 1.54) is 0 Å². The maximum Gasteiger partial charge on any atom is 0.314 e. The maximum atomic E-state index is 12.7. The van der Waals surface area contributed by atoms with Gasteiger partial charge in [-0.15, -0.1) is 0 Å². The van der Waals surface area contributed by atoms with Gasteiger partial charge < -0.3 is 18.6 Å². The van der Waals surface area contributed by atoms with Crippen molar-refractivity contribution in [2.24, 2.45) is 0 Å². The molecule has 1 unspecified atom stereocenters. The number of aromatic nitrogens is 3. The minimum absolute atomic E-state index is 0.167. The van der Waals surface area contributed by atoms with Gasteiger partial charge in [0.05, 0.1) is 18.7 Å². The zero-order chi connectivity index (χ0) is 24.6. The molecule has 0 saturated heterocycles. The molecule has 0 saturated carbocycles. The molecule has 4 aromatic rings. The van der Waals surface area contributed by atoms with Gasteiger partial charge in [0, 0.05) is 11.1 Å². The largest absolute Gasteiger partial charge is 0.487 e. The lowest BCUT2D eigenvalue weighted by Crippen LogP contribution is -2.16. The van der Waals surface area contributed by atoms with Crippen LogP contribution in [0.15, 0.2) is 65.2 Å². The molecular formula is C27H29N3O5. The molecule has 0 aliphatic heterocycles. The third-order valence-corrected chi connectivity index (χ3v) is 5.58. The van der Waals surface area contributed by atoms with E-state index in [1.54, 1.807) is 6.20 Å². The highest BCUT2D eigenvalue weighted by atomic mass is 16.5. The van der Waals surface area contributed by atoms with Gasteiger partial charge in [0.1, 0.15) is 30.4 Å². The smallest absolute Gasteiger partial charge is 0.314 e. The van der Waals surface area contributed by atoms with Gasteiger partial charge in [0.15, 0.2) is 0 Å². The lowest BCUT2D eigenvalue weighted by Gasteiger charge is -2.14. The molecule has 0 amide bonds. The van der Waals surface area contributed by atoms with Crippen LogP contribution >= 0.6 is 0 Å². The van der Waals surface area contributed by atoms with Crippen molar-refractivity contribution in [2.45, 2.75) is 46.3 Å². The normalized spacial score (nSPS) is 11.7. The Labute approximate surface area is 204 Å². The topological polar surface area (TPSA) is 99.5 Å². The summed E-state index contributed by atoms with van der Waals surface area (Å²) in [5, 5.41) is 6.79. The Bertz CT molecular complexity index is 1230. The fourth-order valence-electron chi connectivity index (χ4n) is 3.66. The molecule has 0 bridgehead atoms. The van der Waals surface area contributed by atoms with E-state index in [1.807, 2.05) is 75.4 Å². The number of hydrogen-bond donors (Lipinski definition) is 1. The van der Waals surface area contributed by atoms with Crippen molar-refractivity contribution >= 4 is 5.97 Å². The summed E-state index contributed by atoms with van der Waals surface area (Å²) in [6.45, 7) is 6.63. The van der Waals surface area contributed by atoms with Gasteiger partial charge in [-0.3, -0.25) is 4.79 Å². The Hall–Kier alpha value is -4.07. The van der Waals surface area contributed by atoms with E-state index in [4.69, 9.17) is 18.6 Å². The predicted octanol–water partition coefficient (Wildman–Crippen LogP) is 5.59. The second-order valence-electron chi connectivity index (χ2n) is 7.98. The van der Waals surface area contributed by atoms with Crippen molar-refractivity contribution < 1.29 is 23.4 Å². The summed E-state index contributed by atoms with van der Waals surface area (Å²) >= 11 is 0. The molecule has 1 N–H and O–H groups in total. The highest BCUT2D eigenvalue weighted by Gasteiger charge is 2.25. The molecule has 182 valence electrons. The zero-order valence-corrected chi connectivity index (χ0v) is 20.1. The van der Waals surface area contributed by atoms with Crippen molar-refractivity contribution in [1.82, 2.24) is 15.2 Å². The van der Waals surface area contributed by atoms with Gasteiger partial charge in [0.2, 0.25) is 11.8 Å². The molecule has 35 heavy (non-hydrogen) atoms. The first-order valence-electron chi connectivity index (χ1n) is 11.6. The summed E-state index contributed by atoms with van der Waals surface area (Å²) in [4.78, 5) is 17.3. The molecule has 0 radical (unpaired) electrons. The predicted molar refractivity (Wildman–Crippen MR) is 130 cm³/mol. The number of hydrogen-bond acceptors (Lipinski definition) is 7. The van der Waals surface area contributed by atoms with Crippen LogP contribution in [0, 0.1) is 6.92 Å². The monoisotopic (exact) mass is 475 g/mol. The number of esters is 1. The number of benzene rings is 2. The molecule has 1 atom stereocenters. The van der Waals surface area contributed by atoms with E-state index in [0.29, 0.717) is 42.7 Å². The van der Waals surface area contributed by atoms with Gasteiger partial charge in [0.25, 0.3) is 0 Å². The number of nitrogens with zero attached hydrogens (tertiary/aromatic N) is 2. The summed E-state index contributed by atoms with van der Waals surface area (Å²) in [7, 11) is 0. The Kier molecular flexibility index (Phi) is 7.82. The molecule has 0 spiro atoms. The number of carbonyl (C=O) groups excluding carboxylic acids is 1. The van der Waals surface area contributed by atoms with Crippen LogP contribution in [0.2, 0.25) is 0 Å². The van der Waals surface area contributed by atoms with Gasteiger partial charge in [-0.25, -0.2) is 10.1 Å². The Morgan fingerprint density at radius 1 is 1.03 bits per heavy atom. The molecule has 2 aromatic heterocycles. The average molecular weight is 476 g/mol. The third kappa shape index (κ3) is 5.90. The zero-order valence-electron chi connectivity index (χ0n) is 20.1. The first-order chi connectivity index (χ1) is 17.1. The highest BCUT2D eigenvalue weighted by molar-refractivity contribution is 5.78. The van der Waals surface area contributed by atoms with Crippen LogP contribution in [0.3, 0.4) is 0 Å². The molecule has 0 fully saturated rings. The first-order valence-corrected chi connectivity index (χ1v) is 11.6. The fourth-order valence-corrected chi connectivity index (χ4v) is 3.66. The molecular weight excluding hydrogens is 446 g/mol. The maximum absolute atomic E-state index is 12.7. The summed E-state index contributed by atoms with van der Waals surface area (Å²) in [5.41, 5.74) is 3.24. The second-order valence-corrected chi connectivity index (χ2v) is 7.98. The Morgan fingerprint density at radius 3 is 2.51 bits per heavy atom. The number of ether oxygens (including phenoxy) is 3. The van der Waals surface area contributed by atoms with Gasteiger partial charge in [-0.05, 0) is 50.1 Å². The number of nitrogens with one attached hydrogen (secondary N) is 1. The Morgan fingerprint density at radius 2 is 1.80 bits per heavy atom. The standard InChI is InChI=1S/C27H29N3O5/c1-4-22(23-15-28-30-26(23)32-5-2)27(31)34-16-19-11-13-21(14-12-19)33-17-24-18(3)35-25(29-24)20-9-7-6-8-10-20/h6-15,22H,4-5,16-17H2,1-3H3,(H,28,30). The minimum atomic E-state index is -0.440. The molecule has 8 heteroatoms. The molecule has 2 aromatic carbocycles. The van der Waals surface area contributed by atoms with E-state index in [0.717, 1.165) is 22.6 Å². The van der Waals surface area contributed by atoms with Crippen LogP contribution in [-0.4, -0.2) is 27.8 Å². The summed E-state index contributed by atoms with van der Waals surface area (Å²) in [5.74, 6) is 1.75. The van der Waals surface area contributed by atoms with E-state index in [-0.39, 0.29) is 12.6 Å². The third-order valence-electron chi connectivity index (χ3n) is 5.58. The van der Waals surface area contributed by atoms with Crippen molar-refractivity contribution in [1.29, 1.82) is 0 Å². The van der Waals surface area contributed by atoms with Gasteiger partial charge >= 0.3 is 5.97 Å². The SMILES string of the molecule is CCOc1[nH]ncc1C(CC)C(=O)OCc1ccc(OCc2nc(-c3ccccc3)oc2C)cc1. The molecule has 0 aliphatic carbocycles. The van der Waals surface area contributed by atoms with E-state index in [2.05, 4.69) is 15.2 Å². The average Bonchev–Trinajstić information content (AvgIpc) is 3.50. The van der Waals surface area contributed by atoms with E-state index in [9.17, 15) is 4.79 Å². The first kappa shape index (κ1) is 24.1. The number of rotatable bonds is 11. The fraction of sp³-hybridized carbons (Fsp3) is 0.296. The van der Waals surface area contributed by atoms with Crippen LogP contribution in [0.1, 0.15) is 48.8 Å². The number of oxazole rings is 1. The number of H-pyrrole nitrogens is 1. The summed E-state index contributed by atoms with van der Waals surface area (Å²) in [6.07, 6.45) is 2.20. The number of aryl methyl sites for hydroxylation is 1. The van der Waals surface area contributed by atoms with Crippen LogP contribution in [-0.2, 0) is 22.7 Å². The van der Waals surface area contributed by atoms with Gasteiger partial charge in [-0.1, -0.05) is 37.3 Å². The highest BCUT2D eigenvalue weighted by Crippen LogP contribution is 2.29. The van der Waals surface area contributed by atoms with Gasteiger partial charge in [-0.2, -0.15) is 5.10 Å². The molecule has 8 nitrogen and oxygen atoms in total. The summed E-state index contributed by atoms with van der Waals surface area (Å²) < 4.78 is 22.8.